The Balaban J connectivity index is 1.62. The van der Waals surface area contributed by atoms with Gasteiger partial charge in [-0.05, 0) is 18.2 Å². The zero-order chi connectivity index (χ0) is 16.0. The van der Waals surface area contributed by atoms with Crippen molar-refractivity contribution >= 4 is 28.9 Å². The van der Waals surface area contributed by atoms with E-state index in [1.165, 1.54) is 24.4 Å². The molecule has 3 aromatic rings. The molecule has 9 nitrogen and oxygen atoms in total. The molecule has 0 saturated heterocycles. The number of fused-ring (bicyclic) bond motifs is 2. The Morgan fingerprint density at radius 1 is 1.09 bits per heavy atom. The minimum absolute atomic E-state index is 0.0444. The first-order valence-corrected chi connectivity index (χ1v) is 6.52. The third kappa shape index (κ3) is 1.94. The molecule has 0 bridgehead atoms. The van der Waals surface area contributed by atoms with E-state index in [1.54, 1.807) is 12.1 Å². The number of carbonyl (C=O) groups excluding carboxylic acids is 3. The van der Waals surface area contributed by atoms with E-state index < -0.39 is 17.8 Å². The summed E-state index contributed by atoms with van der Waals surface area (Å²) in [4.78, 5) is 45.2. The summed E-state index contributed by atoms with van der Waals surface area (Å²) in [6.45, 7) is 0. The summed E-state index contributed by atoms with van der Waals surface area (Å²) in [7, 11) is 0. The fraction of sp³-hybridized carbons (Fsp3) is 0. The average molecular weight is 309 g/mol. The summed E-state index contributed by atoms with van der Waals surface area (Å²) in [5.74, 6) is -2.26. The van der Waals surface area contributed by atoms with Gasteiger partial charge in [-0.15, -0.1) is 5.10 Å². The molecule has 0 aliphatic carbocycles. The van der Waals surface area contributed by atoms with Gasteiger partial charge in [0.05, 0.1) is 16.7 Å². The van der Waals surface area contributed by atoms with Crippen molar-refractivity contribution in [2.45, 2.75) is 0 Å². The minimum atomic E-state index is -0.892. The highest BCUT2D eigenvalue weighted by molar-refractivity contribution is 6.21. The third-order valence-electron chi connectivity index (χ3n) is 3.34. The molecular weight excluding hydrogens is 302 g/mol. The molecule has 4 rings (SSSR count). The molecule has 1 aromatic carbocycles. The Kier molecular flexibility index (Phi) is 2.67. The molecular formula is C14H7N5O4. The Hall–Kier alpha value is -3.62. The zero-order valence-electron chi connectivity index (χ0n) is 11.4. The number of imide groups is 1. The molecule has 0 unspecified atom stereocenters. The summed E-state index contributed by atoms with van der Waals surface area (Å²) in [5, 5.41) is 10.4. The normalized spacial score (nSPS) is 13.5. The van der Waals surface area contributed by atoms with Crippen molar-refractivity contribution in [1.29, 1.82) is 0 Å². The highest BCUT2D eigenvalue weighted by atomic mass is 16.7. The summed E-state index contributed by atoms with van der Waals surface area (Å²) in [6.07, 6.45) is 1.23. The SMILES string of the molecule is O=C(ON1C(=O)c2ccccc2C1=O)c1cnc2n[nH]nc2c1. The van der Waals surface area contributed by atoms with Gasteiger partial charge in [-0.25, -0.2) is 9.78 Å². The quantitative estimate of drug-likeness (QED) is 0.693. The fourth-order valence-electron chi connectivity index (χ4n) is 2.24. The number of benzene rings is 1. The van der Waals surface area contributed by atoms with Crippen LogP contribution in [0.2, 0.25) is 0 Å². The molecule has 2 amide bonds. The zero-order valence-corrected chi connectivity index (χ0v) is 11.4. The van der Waals surface area contributed by atoms with Crippen molar-refractivity contribution < 1.29 is 19.2 Å². The van der Waals surface area contributed by atoms with Gasteiger partial charge in [0.1, 0.15) is 5.52 Å². The molecule has 3 heterocycles. The van der Waals surface area contributed by atoms with E-state index >= 15 is 0 Å². The second-order valence-electron chi connectivity index (χ2n) is 4.72. The number of aromatic amines is 1. The lowest BCUT2D eigenvalue weighted by atomic mass is 10.1. The van der Waals surface area contributed by atoms with Crippen LogP contribution in [0.4, 0.5) is 0 Å². The lowest BCUT2D eigenvalue weighted by molar-refractivity contribution is -0.0584. The summed E-state index contributed by atoms with van der Waals surface area (Å²) in [6, 6.07) is 7.63. The number of amides is 2. The van der Waals surface area contributed by atoms with E-state index in [4.69, 9.17) is 4.84 Å². The number of nitrogens with one attached hydrogen (secondary N) is 1. The van der Waals surface area contributed by atoms with Crippen LogP contribution in [0.25, 0.3) is 11.2 Å². The van der Waals surface area contributed by atoms with Gasteiger partial charge in [0.25, 0.3) is 11.8 Å². The second-order valence-corrected chi connectivity index (χ2v) is 4.72. The Morgan fingerprint density at radius 3 is 2.48 bits per heavy atom. The first-order valence-electron chi connectivity index (χ1n) is 6.52. The smallest absolute Gasteiger partial charge is 0.324 e. The van der Waals surface area contributed by atoms with E-state index in [2.05, 4.69) is 20.4 Å². The van der Waals surface area contributed by atoms with Crippen molar-refractivity contribution in [2.75, 3.05) is 0 Å². The molecule has 0 spiro atoms. The molecule has 1 N–H and O–H groups in total. The van der Waals surface area contributed by atoms with Crippen LogP contribution in [0.3, 0.4) is 0 Å². The van der Waals surface area contributed by atoms with Crippen LogP contribution in [-0.4, -0.2) is 43.2 Å². The molecule has 1 aliphatic rings. The van der Waals surface area contributed by atoms with E-state index in [-0.39, 0.29) is 16.7 Å². The maximum Gasteiger partial charge on any atom is 0.365 e. The van der Waals surface area contributed by atoms with E-state index in [0.29, 0.717) is 16.2 Å². The number of carbonyl (C=O) groups is 3. The van der Waals surface area contributed by atoms with Gasteiger partial charge in [0, 0.05) is 6.20 Å². The van der Waals surface area contributed by atoms with Crippen molar-refractivity contribution in [1.82, 2.24) is 25.5 Å². The highest BCUT2D eigenvalue weighted by Gasteiger charge is 2.38. The number of hydrogen-bond acceptors (Lipinski definition) is 7. The van der Waals surface area contributed by atoms with Gasteiger partial charge in [0.2, 0.25) is 5.65 Å². The summed E-state index contributed by atoms with van der Waals surface area (Å²) in [5.41, 5.74) is 1.12. The van der Waals surface area contributed by atoms with Gasteiger partial charge >= 0.3 is 5.97 Å². The number of pyridine rings is 1. The van der Waals surface area contributed by atoms with E-state index in [0.717, 1.165) is 0 Å². The molecule has 0 fully saturated rings. The highest BCUT2D eigenvalue weighted by Crippen LogP contribution is 2.23. The molecule has 2 aromatic heterocycles. The van der Waals surface area contributed by atoms with Gasteiger partial charge < -0.3 is 4.84 Å². The minimum Gasteiger partial charge on any atom is -0.324 e. The lowest BCUT2D eigenvalue weighted by Crippen LogP contribution is -2.32. The lowest BCUT2D eigenvalue weighted by Gasteiger charge is -2.12. The van der Waals surface area contributed by atoms with Crippen LogP contribution >= 0.6 is 0 Å². The first-order chi connectivity index (χ1) is 11.1. The summed E-state index contributed by atoms with van der Waals surface area (Å²) >= 11 is 0. The second kappa shape index (κ2) is 4.70. The predicted molar refractivity (Wildman–Crippen MR) is 74.0 cm³/mol. The molecule has 0 radical (unpaired) electrons. The monoisotopic (exact) mass is 309 g/mol. The first kappa shape index (κ1) is 13.1. The number of aromatic nitrogens is 4. The molecule has 23 heavy (non-hydrogen) atoms. The molecule has 1 aliphatic heterocycles. The van der Waals surface area contributed by atoms with E-state index in [1.807, 2.05) is 0 Å². The van der Waals surface area contributed by atoms with Crippen LogP contribution < -0.4 is 0 Å². The third-order valence-corrected chi connectivity index (χ3v) is 3.34. The Bertz CT molecular complexity index is 945. The molecule has 112 valence electrons. The van der Waals surface area contributed by atoms with Gasteiger partial charge in [-0.3, -0.25) is 9.59 Å². The molecule has 0 atom stereocenters. The number of hydrogen-bond donors (Lipinski definition) is 1. The predicted octanol–water partition coefficient (Wildman–Crippen LogP) is 0.721. The van der Waals surface area contributed by atoms with Gasteiger partial charge in [0.15, 0.2) is 0 Å². The largest absolute Gasteiger partial charge is 0.365 e. The Morgan fingerprint density at radius 2 is 1.78 bits per heavy atom. The van der Waals surface area contributed by atoms with Crippen LogP contribution in [0.5, 0.6) is 0 Å². The van der Waals surface area contributed by atoms with Crippen molar-refractivity contribution in [3.63, 3.8) is 0 Å². The maximum absolute atomic E-state index is 12.1. The topological polar surface area (TPSA) is 118 Å². The average Bonchev–Trinajstić information content (AvgIpc) is 3.13. The number of H-pyrrole nitrogens is 1. The summed E-state index contributed by atoms with van der Waals surface area (Å²) < 4.78 is 0. The van der Waals surface area contributed by atoms with Crippen LogP contribution in [0.15, 0.2) is 36.5 Å². The standard InChI is InChI=1S/C14H7N5O4/c20-12-8-3-1-2-4-9(8)13(21)19(12)23-14(22)7-5-10-11(15-6-7)17-18-16-10/h1-6H,(H,15,16,17,18). The molecule has 0 saturated carbocycles. The van der Waals surface area contributed by atoms with Gasteiger partial charge in [-0.2, -0.15) is 10.3 Å². The molecule has 9 heteroatoms. The van der Waals surface area contributed by atoms with Crippen LogP contribution in [-0.2, 0) is 4.84 Å². The van der Waals surface area contributed by atoms with Crippen molar-refractivity contribution in [2.24, 2.45) is 0 Å². The number of rotatable bonds is 2. The van der Waals surface area contributed by atoms with E-state index in [9.17, 15) is 14.4 Å². The van der Waals surface area contributed by atoms with Crippen LogP contribution in [0, 0.1) is 0 Å². The fourth-order valence-corrected chi connectivity index (χ4v) is 2.24. The maximum atomic E-state index is 12.1. The number of nitrogens with zero attached hydrogens (tertiary/aromatic N) is 4. The van der Waals surface area contributed by atoms with Gasteiger partial charge in [-0.1, -0.05) is 17.2 Å². The van der Waals surface area contributed by atoms with Crippen molar-refractivity contribution in [3.8, 4) is 0 Å². The number of hydroxylamine groups is 2. The Labute approximate surface area is 127 Å². The van der Waals surface area contributed by atoms with Crippen molar-refractivity contribution in [3.05, 3.63) is 53.2 Å². The van der Waals surface area contributed by atoms with Crippen LogP contribution in [0.1, 0.15) is 31.1 Å².